The number of thioether (sulfide) groups is 1. The summed E-state index contributed by atoms with van der Waals surface area (Å²) in [6.07, 6.45) is 0.0578. The Labute approximate surface area is 127 Å². The Bertz CT molecular complexity index is 548. The second-order valence-electron chi connectivity index (χ2n) is 3.94. The van der Waals surface area contributed by atoms with E-state index in [4.69, 9.17) is 5.11 Å². The molecule has 19 heavy (non-hydrogen) atoms. The average molecular weight is 391 g/mol. The molecule has 1 aliphatic rings. The van der Waals surface area contributed by atoms with E-state index in [1.165, 1.54) is 0 Å². The van der Waals surface area contributed by atoms with Crippen LogP contribution in [0.4, 0.5) is 5.69 Å². The van der Waals surface area contributed by atoms with E-state index in [1.807, 2.05) is 6.07 Å². The van der Waals surface area contributed by atoms with Crippen molar-refractivity contribution in [3.63, 3.8) is 0 Å². The van der Waals surface area contributed by atoms with Gasteiger partial charge in [-0.2, -0.15) is 0 Å². The number of benzene rings is 1. The third-order valence-electron chi connectivity index (χ3n) is 2.58. The van der Waals surface area contributed by atoms with Crippen LogP contribution in [-0.4, -0.2) is 33.9 Å². The van der Waals surface area contributed by atoms with Gasteiger partial charge in [0, 0.05) is 9.99 Å². The summed E-state index contributed by atoms with van der Waals surface area (Å²) in [7, 11) is 0. The molecule has 1 unspecified atom stereocenters. The number of hydrogen-bond donors (Lipinski definition) is 1. The van der Waals surface area contributed by atoms with Gasteiger partial charge in [0.1, 0.15) is 0 Å². The molecule has 1 heterocycles. The smallest absolute Gasteiger partial charge is 0.313 e. The molecule has 1 saturated heterocycles. The number of carboxylic acid groups (broad SMARTS) is 1. The van der Waals surface area contributed by atoms with Crippen LogP contribution in [0.5, 0.6) is 0 Å². The number of carboxylic acids is 1. The second kappa shape index (κ2) is 5.91. The highest BCUT2D eigenvalue weighted by Gasteiger charge is 2.40. The molecule has 0 aromatic heterocycles. The Morgan fingerprint density at radius 2 is 2.21 bits per heavy atom. The van der Waals surface area contributed by atoms with E-state index in [2.05, 4.69) is 22.6 Å². The highest BCUT2D eigenvalue weighted by molar-refractivity contribution is 14.1. The fourth-order valence-electron chi connectivity index (χ4n) is 1.79. The predicted octanol–water partition coefficient (Wildman–Crippen LogP) is 1.74. The number of nitrogens with zero attached hydrogens (tertiary/aromatic N) is 1. The Morgan fingerprint density at radius 3 is 2.84 bits per heavy atom. The number of rotatable bonds is 4. The van der Waals surface area contributed by atoms with Crippen LogP contribution in [0.1, 0.15) is 6.42 Å². The minimum atomic E-state index is -0.988. The monoisotopic (exact) mass is 391 g/mol. The van der Waals surface area contributed by atoms with Crippen LogP contribution in [0.15, 0.2) is 24.3 Å². The molecule has 1 fully saturated rings. The number of carbonyl (C=O) groups excluding carboxylic acids is 2. The highest BCUT2D eigenvalue weighted by atomic mass is 127. The number of halogens is 1. The SMILES string of the molecule is O=C(O)CSC1CC(=O)N(c2cccc(I)c2)C1=O. The van der Waals surface area contributed by atoms with Gasteiger partial charge < -0.3 is 5.11 Å². The Morgan fingerprint density at radius 1 is 1.47 bits per heavy atom. The molecular weight excluding hydrogens is 381 g/mol. The van der Waals surface area contributed by atoms with Crippen molar-refractivity contribution in [2.45, 2.75) is 11.7 Å². The number of aliphatic carboxylic acids is 1. The van der Waals surface area contributed by atoms with Crippen molar-refractivity contribution in [1.29, 1.82) is 0 Å². The number of anilines is 1. The predicted molar refractivity (Wildman–Crippen MR) is 80.2 cm³/mol. The molecule has 0 aliphatic carbocycles. The van der Waals surface area contributed by atoms with Crippen molar-refractivity contribution < 1.29 is 19.5 Å². The van der Waals surface area contributed by atoms with Gasteiger partial charge in [0.2, 0.25) is 11.8 Å². The van der Waals surface area contributed by atoms with Crippen molar-refractivity contribution in [3.05, 3.63) is 27.8 Å². The molecule has 1 aromatic carbocycles. The summed E-state index contributed by atoms with van der Waals surface area (Å²) in [5, 5.41) is 8.02. The number of hydrogen-bond acceptors (Lipinski definition) is 4. The maximum Gasteiger partial charge on any atom is 0.313 e. The molecule has 1 N–H and O–H groups in total. The zero-order chi connectivity index (χ0) is 14.0. The molecule has 2 rings (SSSR count). The van der Waals surface area contributed by atoms with Gasteiger partial charge in [0.25, 0.3) is 0 Å². The van der Waals surface area contributed by atoms with E-state index in [1.54, 1.807) is 18.2 Å². The van der Waals surface area contributed by atoms with Gasteiger partial charge in [-0.05, 0) is 40.8 Å². The van der Waals surface area contributed by atoms with Gasteiger partial charge in [-0.1, -0.05) is 6.07 Å². The first kappa shape index (κ1) is 14.3. The molecule has 0 spiro atoms. The first-order valence-electron chi connectivity index (χ1n) is 5.45. The standard InChI is InChI=1S/C12H10INO4S/c13-7-2-1-3-8(4-7)14-10(15)5-9(12(14)18)19-6-11(16)17/h1-4,9H,5-6H2,(H,16,17). The topological polar surface area (TPSA) is 74.7 Å². The Hall–Kier alpha value is -1.09. The molecule has 2 amide bonds. The molecule has 1 aliphatic heterocycles. The minimum absolute atomic E-state index is 0.0578. The number of imide groups is 1. The van der Waals surface area contributed by atoms with E-state index in [9.17, 15) is 14.4 Å². The Kier molecular flexibility index (Phi) is 4.46. The molecule has 1 atom stereocenters. The quantitative estimate of drug-likeness (QED) is 0.625. The van der Waals surface area contributed by atoms with Gasteiger partial charge in [-0.15, -0.1) is 11.8 Å². The van der Waals surface area contributed by atoms with Gasteiger partial charge in [0.15, 0.2) is 0 Å². The third-order valence-corrected chi connectivity index (χ3v) is 4.43. The van der Waals surface area contributed by atoms with E-state index >= 15 is 0 Å². The first-order valence-corrected chi connectivity index (χ1v) is 7.57. The van der Waals surface area contributed by atoms with Crippen LogP contribution >= 0.6 is 34.4 Å². The third kappa shape index (κ3) is 3.27. The number of carbonyl (C=O) groups is 3. The number of amides is 2. The highest BCUT2D eigenvalue weighted by Crippen LogP contribution is 2.30. The van der Waals surface area contributed by atoms with Gasteiger partial charge in [-0.3, -0.25) is 14.4 Å². The van der Waals surface area contributed by atoms with E-state index in [0.29, 0.717) is 5.69 Å². The maximum absolute atomic E-state index is 12.1. The molecule has 5 nitrogen and oxygen atoms in total. The zero-order valence-corrected chi connectivity index (χ0v) is 12.7. The van der Waals surface area contributed by atoms with E-state index in [0.717, 1.165) is 20.2 Å². The summed E-state index contributed by atoms with van der Waals surface area (Å²) in [6, 6.07) is 7.09. The van der Waals surface area contributed by atoms with Gasteiger partial charge in [0.05, 0.1) is 16.7 Å². The Balaban J connectivity index is 2.17. The fraction of sp³-hybridized carbons (Fsp3) is 0.250. The van der Waals surface area contributed by atoms with Crippen LogP contribution in [0, 0.1) is 3.57 Å². The van der Waals surface area contributed by atoms with Crippen molar-refractivity contribution in [2.24, 2.45) is 0 Å². The lowest BCUT2D eigenvalue weighted by Crippen LogP contribution is -2.31. The van der Waals surface area contributed by atoms with E-state index < -0.39 is 11.2 Å². The fourth-order valence-corrected chi connectivity index (χ4v) is 3.17. The summed E-state index contributed by atoms with van der Waals surface area (Å²) in [5.74, 6) is -1.78. The van der Waals surface area contributed by atoms with Crippen LogP contribution in [0.2, 0.25) is 0 Å². The van der Waals surface area contributed by atoms with Crippen LogP contribution in [-0.2, 0) is 14.4 Å². The molecule has 1 aromatic rings. The lowest BCUT2D eigenvalue weighted by molar-refractivity contribution is -0.134. The molecule has 100 valence electrons. The molecule has 0 bridgehead atoms. The van der Waals surface area contributed by atoms with Gasteiger partial charge >= 0.3 is 5.97 Å². The summed E-state index contributed by atoms with van der Waals surface area (Å²) in [4.78, 5) is 35.7. The maximum atomic E-state index is 12.1. The average Bonchev–Trinajstić information content (AvgIpc) is 2.62. The lowest BCUT2D eigenvalue weighted by atomic mass is 10.3. The summed E-state index contributed by atoms with van der Waals surface area (Å²) in [6.45, 7) is 0. The minimum Gasteiger partial charge on any atom is -0.481 e. The molecule has 0 radical (unpaired) electrons. The van der Waals surface area contributed by atoms with Crippen molar-refractivity contribution >= 4 is 57.8 Å². The van der Waals surface area contributed by atoms with Crippen molar-refractivity contribution in [2.75, 3.05) is 10.7 Å². The second-order valence-corrected chi connectivity index (χ2v) is 6.38. The van der Waals surface area contributed by atoms with E-state index in [-0.39, 0.29) is 24.0 Å². The van der Waals surface area contributed by atoms with Crippen LogP contribution < -0.4 is 4.90 Å². The largest absolute Gasteiger partial charge is 0.481 e. The summed E-state index contributed by atoms with van der Waals surface area (Å²) >= 11 is 3.10. The summed E-state index contributed by atoms with van der Waals surface area (Å²) in [5.41, 5.74) is 0.542. The zero-order valence-electron chi connectivity index (χ0n) is 9.71. The van der Waals surface area contributed by atoms with Crippen molar-refractivity contribution in [3.8, 4) is 0 Å². The molecule has 7 heteroatoms. The molecular formula is C12H10INO4S. The lowest BCUT2D eigenvalue weighted by Gasteiger charge is -2.14. The van der Waals surface area contributed by atoms with Crippen molar-refractivity contribution in [1.82, 2.24) is 0 Å². The molecule has 0 saturated carbocycles. The first-order chi connectivity index (χ1) is 8.99. The van der Waals surface area contributed by atoms with Crippen LogP contribution in [0.3, 0.4) is 0 Å². The summed E-state index contributed by atoms with van der Waals surface area (Å²) < 4.78 is 0.928. The van der Waals surface area contributed by atoms with Gasteiger partial charge in [-0.25, -0.2) is 4.90 Å². The normalized spacial score (nSPS) is 19.0. The van der Waals surface area contributed by atoms with Crippen LogP contribution in [0.25, 0.3) is 0 Å².